The number of pyridine rings is 6. The lowest BCUT2D eigenvalue weighted by atomic mass is 9.99. The fourth-order valence-electron chi connectivity index (χ4n) is 8.30. The molecule has 0 bridgehead atoms. The van der Waals surface area contributed by atoms with Crippen molar-refractivity contribution in [3.8, 4) is 56.3 Å². The van der Waals surface area contributed by atoms with Crippen LogP contribution in [0.3, 0.4) is 0 Å². The second-order valence-electron chi connectivity index (χ2n) is 15.2. The third kappa shape index (κ3) is 5.89. The van der Waals surface area contributed by atoms with Crippen LogP contribution in [0.25, 0.3) is 122 Å². The molecule has 0 aliphatic rings. The molecule has 0 unspecified atom stereocenters. The average Bonchev–Trinajstić information content (AvgIpc) is 3.33. The number of hydrogen-bond acceptors (Lipinski definition) is 6. The third-order valence-corrected chi connectivity index (χ3v) is 11.5. The predicted octanol–water partition coefficient (Wildman–Crippen LogP) is 13.3. The second kappa shape index (κ2) is 13.7. The van der Waals surface area contributed by atoms with E-state index in [0.717, 1.165) is 122 Å². The van der Waals surface area contributed by atoms with Crippen molar-refractivity contribution in [2.45, 2.75) is 0 Å². The van der Waals surface area contributed by atoms with E-state index in [-0.39, 0.29) is 0 Å². The summed E-state index contributed by atoms with van der Waals surface area (Å²) in [6.45, 7) is 0. The lowest BCUT2D eigenvalue weighted by Crippen LogP contribution is -1.93. The van der Waals surface area contributed by atoms with Crippen LogP contribution in [0.15, 0.2) is 194 Å². The largest absolute Gasteiger partial charge is 0.254 e. The van der Waals surface area contributed by atoms with Crippen LogP contribution < -0.4 is 0 Å². The van der Waals surface area contributed by atoms with Gasteiger partial charge in [0.05, 0.1) is 61.6 Å². The summed E-state index contributed by atoms with van der Waals surface area (Å²) >= 11 is 0. The Balaban J connectivity index is 0.880. The lowest BCUT2D eigenvalue weighted by molar-refractivity contribution is 1.31. The zero-order valence-corrected chi connectivity index (χ0v) is 32.2. The molecule has 6 aromatic heterocycles. The minimum absolute atomic E-state index is 0.802. The number of rotatable bonds is 5. The standard InChI is InChI=1S/C54H32N6/c1-2-6-33(7-3-1)44-25-21-38-15-16-39-23-28-48(60-54(39)53(38)58-44)47-27-20-35-12-18-43(32-50(35)57-47)45-24-19-34-11-17-41(31-49(34)56-45)40-8-4-9-42(30-40)46-26-22-37-14-13-36-10-5-29-55-51(36)52(37)59-46/h1-32H. The smallest absolute Gasteiger partial charge is 0.0973 e. The first-order valence-electron chi connectivity index (χ1n) is 20.0. The monoisotopic (exact) mass is 764 g/mol. The molecule has 6 heterocycles. The number of benzene rings is 6. The Morgan fingerprint density at radius 1 is 0.233 bits per heavy atom. The zero-order valence-electron chi connectivity index (χ0n) is 32.2. The normalized spacial score (nSPS) is 11.7. The quantitative estimate of drug-likeness (QED) is 0.162. The molecule has 60 heavy (non-hydrogen) atoms. The molecule has 0 aliphatic heterocycles. The van der Waals surface area contributed by atoms with E-state index >= 15 is 0 Å². The molecule has 0 amide bonds. The van der Waals surface area contributed by atoms with Crippen LogP contribution in [0.2, 0.25) is 0 Å². The maximum Gasteiger partial charge on any atom is 0.0973 e. The molecule has 0 N–H and O–H groups in total. The van der Waals surface area contributed by atoms with E-state index in [4.69, 9.17) is 24.9 Å². The highest BCUT2D eigenvalue weighted by atomic mass is 14.8. The summed E-state index contributed by atoms with van der Waals surface area (Å²) in [5.41, 5.74) is 15.0. The highest BCUT2D eigenvalue weighted by Crippen LogP contribution is 2.33. The molecule has 12 rings (SSSR count). The highest BCUT2D eigenvalue weighted by Gasteiger charge is 2.13. The SMILES string of the molecule is c1ccc(-c2ccc3ccc4ccc(-c5ccc6ccc(-c7ccc8ccc(-c9cccc(-c%10ccc%11ccc%12cccnc%12c%11n%10)c9)cc8n7)cc6n5)nc4c3n2)cc1. The van der Waals surface area contributed by atoms with Gasteiger partial charge in [0.2, 0.25) is 0 Å². The number of hydrogen-bond donors (Lipinski definition) is 0. The summed E-state index contributed by atoms with van der Waals surface area (Å²) in [6, 6.07) is 65.1. The third-order valence-electron chi connectivity index (χ3n) is 11.5. The van der Waals surface area contributed by atoms with Crippen molar-refractivity contribution in [3.63, 3.8) is 0 Å². The van der Waals surface area contributed by atoms with Crippen LogP contribution in [-0.4, -0.2) is 29.9 Å². The lowest BCUT2D eigenvalue weighted by Gasteiger charge is -2.10. The van der Waals surface area contributed by atoms with E-state index in [0.29, 0.717) is 0 Å². The molecule has 0 saturated carbocycles. The molecular weight excluding hydrogens is 733 g/mol. The van der Waals surface area contributed by atoms with Gasteiger partial charge in [-0.25, -0.2) is 24.9 Å². The number of nitrogens with zero attached hydrogens (tertiary/aromatic N) is 6. The summed E-state index contributed by atoms with van der Waals surface area (Å²) < 4.78 is 0. The van der Waals surface area contributed by atoms with Crippen LogP contribution in [-0.2, 0) is 0 Å². The molecule has 0 radical (unpaired) electrons. The number of aromatic nitrogens is 6. The van der Waals surface area contributed by atoms with E-state index in [2.05, 4.69) is 157 Å². The zero-order chi connectivity index (χ0) is 39.6. The molecule has 6 nitrogen and oxygen atoms in total. The minimum atomic E-state index is 0.802. The van der Waals surface area contributed by atoms with Gasteiger partial charge in [-0.15, -0.1) is 0 Å². The van der Waals surface area contributed by atoms with Crippen LogP contribution in [0.4, 0.5) is 0 Å². The fraction of sp³-hybridized carbons (Fsp3) is 0. The van der Waals surface area contributed by atoms with E-state index in [1.807, 2.05) is 42.6 Å². The second-order valence-corrected chi connectivity index (χ2v) is 15.2. The Hall–Kier alpha value is -8.22. The minimum Gasteiger partial charge on any atom is -0.254 e. The van der Waals surface area contributed by atoms with Crippen molar-refractivity contribution >= 4 is 65.4 Å². The van der Waals surface area contributed by atoms with E-state index in [1.54, 1.807) is 0 Å². The Kier molecular flexibility index (Phi) is 7.74. The molecule has 0 fully saturated rings. The fourth-order valence-corrected chi connectivity index (χ4v) is 8.30. The Labute approximate surface area is 344 Å². The van der Waals surface area contributed by atoms with Gasteiger partial charge >= 0.3 is 0 Å². The van der Waals surface area contributed by atoms with Crippen molar-refractivity contribution in [2.24, 2.45) is 0 Å². The summed E-state index contributed by atoms with van der Waals surface area (Å²) in [6.07, 6.45) is 1.83. The molecule has 0 atom stereocenters. The van der Waals surface area contributed by atoms with Crippen LogP contribution in [0.5, 0.6) is 0 Å². The van der Waals surface area contributed by atoms with Gasteiger partial charge in [0.15, 0.2) is 0 Å². The Morgan fingerprint density at radius 3 is 1.35 bits per heavy atom. The molecule has 6 aromatic carbocycles. The topological polar surface area (TPSA) is 77.3 Å². The summed E-state index contributed by atoms with van der Waals surface area (Å²) in [5, 5.41) is 6.38. The summed E-state index contributed by atoms with van der Waals surface area (Å²) in [4.78, 5) is 30.3. The number of fused-ring (bicyclic) bond motifs is 8. The van der Waals surface area contributed by atoms with Gasteiger partial charge in [-0.2, -0.15) is 0 Å². The van der Waals surface area contributed by atoms with E-state index in [9.17, 15) is 0 Å². The van der Waals surface area contributed by atoms with Gasteiger partial charge < -0.3 is 0 Å². The molecule has 6 heteroatoms. The van der Waals surface area contributed by atoms with Gasteiger partial charge in [-0.3, -0.25) is 4.98 Å². The molecule has 0 spiro atoms. The van der Waals surface area contributed by atoms with Crippen molar-refractivity contribution < 1.29 is 0 Å². The Bertz CT molecular complexity index is 3680. The maximum absolute atomic E-state index is 5.19. The first-order valence-corrected chi connectivity index (χ1v) is 20.0. The van der Waals surface area contributed by atoms with Gasteiger partial charge in [-0.05, 0) is 65.7 Å². The molecule has 0 aliphatic carbocycles. The van der Waals surface area contributed by atoms with Crippen LogP contribution >= 0.6 is 0 Å². The maximum atomic E-state index is 5.19. The van der Waals surface area contributed by atoms with Crippen molar-refractivity contribution in [1.82, 2.24) is 29.9 Å². The molecule has 278 valence electrons. The van der Waals surface area contributed by atoms with E-state index < -0.39 is 0 Å². The predicted molar refractivity (Wildman–Crippen MR) is 245 cm³/mol. The van der Waals surface area contributed by atoms with E-state index in [1.165, 1.54) is 0 Å². The van der Waals surface area contributed by atoms with Gasteiger partial charge in [0, 0.05) is 55.2 Å². The van der Waals surface area contributed by atoms with Gasteiger partial charge in [0.25, 0.3) is 0 Å². The Morgan fingerprint density at radius 2 is 0.650 bits per heavy atom. The van der Waals surface area contributed by atoms with Crippen LogP contribution in [0, 0.1) is 0 Å². The summed E-state index contributed by atoms with van der Waals surface area (Å²) in [5.74, 6) is 0. The van der Waals surface area contributed by atoms with Gasteiger partial charge in [0.1, 0.15) is 0 Å². The van der Waals surface area contributed by atoms with Crippen LogP contribution in [0.1, 0.15) is 0 Å². The van der Waals surface area contributed by atoms with Gasteiger partial charge in [-0.1, -0.05) is 133 Å². The summed E-state index contributed by atoms with van der Waals surface area (Å²) in [7, 11) is 0. The molecule has 0 saturated heterocycles. The van der Waals surface area contributed by atoms with Crippen molar-refractivity contribution in [1.29, 1.82) is 0 Å². The van der Waals surface area contributed by atoms with Crippen molar-refractivity contribution in [2.75, 3.05) is 0 Å². The average molecular weight is 765 g/mol. The molecule has 12 aromatic rings. The first kappa shape index (κ1) is 33.9. The highest BCUT2D eigenvalue weighted by molar-refractivity contribution is 6.05. The first-order chi connectivity index (χ1) is 29.7. The molecular formula is C54H32N6. The van der Waals surface area contributed by atoms with Crippen molar-refractivity contribution in [3.05, 3.63) is 194 Å².